The molecule has 1 atom stereocenters. The monoisotopic (exact) mass is 227 g/mol. The van der Waals surface area contributed by atoms with Crippen LogP contribution in [0.25, 0.3) is 0 Å². The molecule has 0 saturated heterocycles. The van der Waals surface area contributed by atoms with Crippen molar-refractivity contribution in [1.82, 2.24) is 10.2 Å². The Hall–Kier alpha value is -0.820. The first-order valence-electron chi connectivity index (χ1n) is 4.48. The van der Waals surface area contributed by atoms with E-state index in [1.807, 2.05) is 0 Å². The lowest BCUT2D eigenvalue weighted by Gasteiger charge is -2.21. The van der Waals surface area contributed by atoms with Gasteiger partial charge in [0.25, 0.3) is 0 Å². The van der Waals surface area contributed by atoms with Crippen molar-refractivity contribution in [3.63, 3.8) is 0 Å². The third kappa shape index (κ3) is 7.15. The summed E-state index contributed by atoms with van der Waals surface area (Å²) in [7, 11) is 3.05. The second-order valence-electron chi connectivity index (χ2n) is 3.37. The summed E-state index contributed by atoms with van der Waals surface area (Å²) in [6, 6.07) is -0.622. The second-order valence-corrected chi connectivity index (χ2v) is 3.37. The zero-order chi connectivity index (χ0) is 12.1. The summed E-state index contributed by atoms with van der Waals surface area (Å²) in [6.45, 7) is 0.0247. The van der Waals surface area contributed by atoms with Crippen LogP contribution in [0.4, 0.5) is 13.2 Å². The van der Waals surface area contributed by atoms with Gasteiger partial charge in [-0.05, 0) is 14.1 Å². The number of nitrogens with one attached hydrogen (secondary N) is 1. The number of likely N-dealkylation sites (N-methyl/N-ethyl adjacent to an activating group) is 2. The van der Waals surface area contributed by atoms with Gasteiger partial charge in [0, 0.05) is 13.1 Å². The smallest absolute Gasteiger partial charge is 0.368 e. The molecule has 0 rings (SSSR count). The van der Waals surface area contributed by atoms with Crippen molar-refractivity contribution in [1.29, 1.82) is 0 Å². The van der Waals surface area contributed by atoms with Gasteiger partial charge >= 0.3 is 6.18 Å². The van der Waals surface area contributed by atoms with Crippen LogP contribution in [0.5, 0.6) is 0 Å². The highest BCUT2D eigenvalue weighted by molar-refractivity contribution is 5.80. The molecule has 0 saturated carbocycles. The van der Waals surface area contributed by atoms with Crippen molar-refractivity contribution in [3.05, 3.63) is 0 Å². The Morgan fingerprint density at radius 3 is 2.40 bits per heavy atom. The van der Waals surface area contributed by atoms with E-state index in [0.717, 1.165) is 0 Å². The maximum absolute atomic E-state index is 11.9. The molecule has 0 bridgehead atoms. The fourth-order valence-corrected chi connectivity index (χ4v) is 1.04. The molecule has 0 aromatic heterocycles. The van der Waals surface area contributed by atoms with Crippen LogP contribution in [0.2, 0.25) is 0 Å². The number of alkyl halides is 3. The normalized spacial score (nSPS) is 14.3. The molecular weight excluding hydrogens is 211 g/mol. The highest BCUT2D eigenvalue weighted by Crippen LogP contribution is 2.19. The van der Waals surface area contributed by atoms with Crippen LogP contribution in [0.3, 0.4) is 0 Å². The summed E-state index contributed by atoms with van der Waals surface area (Å²) in [4.78, 5) is 12.2. The minimum atomic E-state index is -4.17. The van der Waals surface area contributed by atoms with Gasteiger partial charge in [0.2, 0.25) is 5.91 Å². The number of hydrogen-bond acceptors (Lipinski definition) is 3. The van der Waals surface area contributed by atoms with E-state index in [4.69, 9.17) is 5.73 Å². The first-order chi connectivity index (χ1) is 6.76. The van der Waals surface area contributed by atoms with Gasteiger partial charge in [-0.2, -0.15) is 13.2 Å². The van der Waals surface area contributed by atoms with Crippen molar-refractivity contribution in [2.24, 2.45) is 5.73 Å². The van der Waals surface area contributed by atoms with E-state index in [1.165, 1.54) is 19.0 Å². The van der Waals surface area contributed by atoms with Crippen LogP contribution in [0.15, 0.2) is 0 Å². The van der Waals surface area contributed by atoms with Gasteiger partial charge in [-0.15, -0.1) is 0 Å². The predicted molar refractivity (Wildman–Crippen MR) is 50.2 cm³/mol. The molecule has 0 aliphatic rings. The van der Waals surface area contributed by atoms with Crippen molar-refractivity contribution in [2.75, 3.05) is 27.2 Å². The number of carbonyl (C=O) groups is 1. The Bertz CT molecular complexity index is 208. The van der Waals surface area contributed by atoms with Gasteiger partial charge in [0.15, 0.2) is 0 Å². The van der Waals surface area contributed by atoms with Gasteiger partial charge < -0.3 is 16.0 Å². The third-order valence-electron chi connectivity index (χ3n) is 1.96. The quantitative estimate of drug-likeness (QED) is 0.668. The first kappa shape index (κ1) is 14.2. The van der Waals surface area contributed by atoms with E-state index < -0.39 is 24.5 Å². The van der Waals surface area contributed by atoms with Crippen molar-refractivity contribution < 1.29 is 18.0 Å². The maximum atomic E-state index is 11.9. The number of primary amides is 1. The van der Waals surface area contributed by atoms with Crippen LogP contribution >= 0.6 is 0 Å². The van der Waals surface area contributed by atoms with Crippen molar-refractivity contribution in [2.45, 2.75) is 18.6 Å². The topological polar surface area (TPSA) is 58.4 Å². The zero-order valence-corrected chi connectivity index (χ0v) is 8.77. The van der Waals surface area contributed by atoms with E-state index in [9.17, 15) is 18.0 Å². The molecule has 0 aromatic rings. The Kier molecular flexibility index (Phi) is 5.59. The summed E-state index contributed by atoms with van der Waals surface area (Å²) >= 11 is 0. The minimum Gasteiger partial charge on any atom is -0.368 e. The van der Waals surface area contributed by atoms with Crippen LogP contribution in [-0.2, 0) is 4.79 Å². The molecule has 7 heteroatoms. The fourth-order valence-electron chi connectivity index (χ4n) is 1.04. The molecule has 3 N–H and O–H groups in total. The average molecular weight is 227 g/mol. The number of halogens is 3. The summed E-state index contributed by atoms with van der Waals surface area (Å²) in [5, 5.41) is 2.63. The van der Waals surface area contributed by atoms with Crippen LogP contribution in [-0.4, -0.2) is 50.2 Å². The lowest BCUT2D eigenvalue weighted by Crippen LogP contribution is -2.47. The Morgan fingerprint density at radius 1 is 1.53 bits per heavy atom. The standard InChI is InChI=1S/C8H16F3N3O/c1-13-6(7(12)15)5-14(2)4-3-8(9,10)11/h6,13H,3-5H2,1-2H3,(H2,12,15). The molecule has 90 valence electrons. The Balaban J connectivity index is 3.91. The van der Waals surface area contributed by atoms with E-state index in [0.29, 0.717) is 0 Å². The lowest BCUT2D eigenvalue weighted by molar-refractivity contribution is -0.137. The second kappa shape index (κ2) is 5.92. The van der Waals surface area contributed by atoms with Crippen LogP contribution in [0, 0.1) is 0 Å². The molecule has 0 heterocycles. The van der Waals surface area contributed by atoms with Gasteiger partial charge in [-0.25, -0.2) is 0 Å². The SMILES string of the molecule is CNC(CN(C)CCC(F)(F)F)C(N)=O. The molecule has 0 aromatic carbocycles. The van der Waals surface area contributed by atoms with E-state index >= 15 is 0 Å². The largest absolute Gasteiger partial charge is 0.390 e. The third-order valence-corrected chi connectivity index (χ3v) is 1.96. The molecule has 0 aliphatic carbocycles. The number of hydrogen-bond donors (Lipinski definition) is 2. The number of nitrogens with zero attached hydrogens (tertiary/aromatic N) is 1. The number of nitrogens with two attached hydrogens (primary N) is 1. The average Bonchev–Trinajstić information content (AvgIpc) is 2.09. The van der Waals surface area contributed by atoms with Crippen LogP contribution in [0.1, 0.15) is 6.42 Å². The van der Waals surface area contributed by atoms with Gasteiger partial charge in [-0.3, -0.25) is 4.79 Å². The highest BCUT2D eigenvalue weighted by atomic mass is 19.4. The molecule has 0 radical (unpaired) electrons. The lowest BCUT2D eigenvalue weighted by atomic mass is 10.2. The molecule has 15 heavy (non-hydrogen) atoms. The van der Waals surface area contributed by atoms with Crippen molar-refractivity contribution in [3.8, 4) is 0 Å². The molecule has 0 aliphatic heterocycles. The Labute approximate surface area is 86.6 Å². The van der Waals surface area contributed by atoms with Gasteiger partial charge in [0.05, 0.1) is 12.5 Å². The first-order valence-corrected chi connectivity index (χ1v) is 4.48. The highest BCUT2D eigenvalue weighted by Gasteiger charge is 2.27. The maximum Gasteiger partial charge on any atom is 0.390 e. The minimum absolute atomic E-state index is 0.144. The summed E-state index contributed by atoms with van der Waals surface area (Å²) < 4.78 is 35.6. The summed E-state index contributed by atoms with van der Waals surface area (Å²) in [5.41, 5.74) is 5.03. The summed E-state index contributed by atoms with van der Waals surface area (Å²) in [6.07, 6.45) is -5.06. The zero-order valence-electron chi connectivity index (χ0n) is 8.77. The van der Waals surface area contributed by atoms with E-state index in [2.05, 4.69) is 5.32 Å². The fraction of sp³-hybridized carbons (Fsp3) is 0.875. The van der Waals surface area contributed by atoms with E-state index in [1.54, 1.807) is 0 Å². The van der Waals surface area contributed by atoms with Crippen LogP contribution < -0.4 is 11.1 Å². The molecule has 1 unspecified atom stereocenters. The van der Waals surface area contributed by atoms with Crippen molar-refractivity contribution >= 4 is 5.91 Å². The predicted octanol–water partition coefficient (Wildman–Crippen LogP) is -0.0561. The molecule has 0 fully saturated rings. The number of carbonyl (C=O) groups excluding carboxylic acids is 1. The summed E-state index contributed by atoms with van der Waals surface area (Å²) in [5.74, 6) is -0.573. The number of rotatable bonds is 6. The Morgan fingerprint density at radius 2 is 2.07 bits per heavy atom. The molecule has 0 spiro atoms. The van der Waals surface area contributed by atoms with E-state index in [-0.39, 0.29) is 13.1 Å². The number of amides is 1. The molecule has 4 nitrogen and oxygen atoms in total. The van der Waals surface area contributed by atoms with Gasteiger partial charge in [0.1, 0.15) is 0 Å². The molecular formula is C8H16F3N3O. The molecule has 1 amide bonds. The van der Waals surface area contributed by atoms with Gasteiger partial charge in [-0.1, -0.05) is 0 Å².